The van der Waals surface area contributed by atoms with Crippen molar-refractivity contribution in [2.75, 3.05) is 18.5 Å². The molecular weight excluding hydrogens is 290 g/mol. The highest BCUT2D eigenvalue weighted by atomic mass is 79.9. The van der Waals surface area contributed by atoms with E-state index in [0.717, 1.165) is 19.4 Å². The maximum absolute atomic E-state index is 10.9. The van der Waals surface area contributed by atoms with Crippen LogP contribution in [0.25, 0.3) is 0 Å². The van der Waals surface area contributed by atoms with Gasteiger partial charge in [0.25, 0.3) is 0 Å². The van der Waals surface area contributed by atoms with Gasteiger partial charge >= 0.3 is 5.69 Å². The van der Waals surface area contributed by atoms with Crippen molar-refractivity contribution in [3.05, 3.63) is 26.9 Å². The van der Waals surface area contributed by atoms with Crippen molar-refractivity contribution in [3.8, 4) is 0 Å². The van der Waals surface area contributed by atoms with Crippen LogP contribution < -0.4 is 5.32 Å². The van der Waals surface area contributed by atoms with E-state index in [1.54, 1.807) is 6.07 Å². The molecule has 92 valence electrons. The lowest BCUT2D eigenvalue weighted by atomic mass is 10.2. The number of nitrogens with one attached hydrogen (secondary N) is 1. The van der Waals surface area contributed by atoms with Crippen molar-refractivity contribution in [3.63, 3.8) is 0 Å². The van der Waals surface area contributed by atoms with Gasteiger partial charge in [0.2, 0.25) is 5.82 Å². The molecule has 2 heterocycles. The number of rotatable bonds is 4. The maximum atomic E-state index is 10.9. The van der Waals surface area contributed by atoms with Crippen molar-refractivity contribution in [2.45, 2.75) is 18.9 Å². The lowest BCUT2D eigenvalue weighted by Crippen LogP contribution is -2.19. The molecule has 0 saturated carbocycles. The van der Waals surface area contributed by atoms with Gasteiger partial charge in [-0.2, -0.15) is 0 Å². The maximum Gasteiger partial charge on any atom is 0.325 e. The van der Waals surface area contributed by atoms with Gasteiger partial charge in [-0.3, -0.25) is 10.1 Å². The number of nitro groups is 1. The van der Waals surface area contributed by atoms with E-state index in [1.165, 1.54) is 6.20 Å². The van der Waals surface area contributed by atoms with Crippen LogP contribution in [0.4, 0.5) is 11.5 Å². The minimum absolute atomic E-state index is 0.0366. The van der Waals surface area contributed by atoms with E-state index in [1.807, 2.05) is 0 Å². The Morgan fingerprint density at radius 1 is 1.71 bits per heavy atom. The van der Waals surface area contributed by atoms with Crippen LogP contribution in [0.1, 0.15) is 12.8 Å². The van der Waals surface area contributed by atoms with Crippen LogP contribution in [0.2, 0.25) is 0 Å². The van der Waals surface area contributed by atoms with Crippen molar-refractivity contribution >= 4 is 27.4 Å². The van der Waals surface area contributed by atoms with E-state index >= 15 is 0 Å². The lowest BCUT2D eigenvalue weighted by molar-refractivity contribution is -0.385. The van der Waals surface area contributed by atoms with E-state index in [2.05, 4.69) is 26.2 Å². The molecule has 0 unspecified atom stereocenters. The summed E-state index contributed by atoms with van der Waals surface area (Å²) in [5.41, 5.74) is -0.0366. The summed E-state index contributed by atoms with van der Waals surface area (Å²) >= 11 is 3.15. The molecule has 7 heteroatoms. The number of hydrogen-bond donors (Lipinski definition) is 1. The number of aromatic nitrogens is 1. The molecule has 1 atom stereocenters. The summed E-state index contributed by atoms with van der Waals surface area (Å²) in [5.74, 6) is 0.278. The fourth-order valence-corrected chi connectivity index (χ4v) is 2.20. The minimum Gasteiger partial charge on any atom is -0.376 e. The Kier molecular flexibility index (Phi) is 3.90. The Labute approximate surface area is 107 Å². The molecule has 2 rings (SSSR count). The molecule has 0 spiro atoms. The number of anilines is 1. The summed E-state index contributed by atoms with van der Waals surface area (Å²) in [5, 5.41) is 13.9. The number of pyridine rings is 1. The van der Waals surface area contributed by atoms with Crippen molar-refractivity contribution in [1.29, 1.82) is 0 Å². The summed E-state index contributed by atoms with van der Waals surface area (Å²) in [4.78, 5) is 14.4. The van der Waals surface area contributed by atoms with E-state index in [-0.39, 0.29) is 17.6 Å². The van der Waals surface area contributed by atoms with Crippen LogP contribution in [-0.4, -0.2) is 29.2 Å². The first-order valence-corrected chi connectivity index (χ1v) is 6.12. The molecule has 0 aromatic carbocycles. The normalized spacial score (nSPS) is 19.2. The van der Waals surface area contributed by atoms with Crippen LogP contribution >= 0.6 is 15.9 Å². The molecule has 0 radical (unpaired) electrons. The molecule has 1 aromatic rings. The van der Waals surface area contributed by atoms with Gasteiger partial charge in [-0.15, -0.1) is 0 Å². The Hall–Kier alpha value is -1.21. The summed E-state index contributed by atoms with van der Waals surface area (Å²) in [7, 11) is 0. The molecular formula is C10H12BrN3O3. The molecule has 1 saturated heterocycles. The highest BCUT2D eigenvalue weighted by Crippen LogP contribution is 2.30. The SMILES string of the molecule is O=[N+]([O-])c1c(Br)ccnc1NC[C@H]1CCCO1. The summed E-state index contributed by atoms with van der Waals surface area (Å²) in [6.45, 7) is 1.31. The minimum atomic E-state index is -0.449. The molecule has 6 nitrogen and oxygen atoms in total. The first kappa shape index (κ1) is 12.3. The smallest absolute Gasteiger partial charge is 0.325 e. The topological polar surface area (TPSA) is 77.3 Å². The molecule has 1 N–H and O–H groups in total. The van der Waals surface area contributed by atoms with Crippen molar-refractivity contribution in [1.82, 2.24) is 4.98 Å². The quantitative estimate of drug-likeness (QED) is 0.682. The van der Waals surface area contributed by atoms with Gasteiger partial charge in [0.05, 0.1) is 11.0 Å². The Balaban J connectivity index is 2.09. The molecule has 0 aliphatic carbocycles. The van der Waals surface area contributed by atoms with Gasteiger partial charge in [0.1, 0.15) is 4.47 Å². The molecule has 1 fully saturated rings. The van der Waals surface area contributed by atoms with Crippen LogP contribution in [0, 0.1) is 10.1 Å². The Bertz CT molecular complexity index is 421. The zero-order chi connectivity index (χ0) is 12.3. The summed E-state index contributed by atoms with van der Waals surface area (Å²) in [6, 6.07) is 1.55. The zero-order valence-corrected chi connectivity index (χ0v) is 10.6. The third-order valence-corrected chi connectivity index (χ3v) is 3.22. The van der Waals surface area contributed by atoms with Crippen molar-refractivity contribution in [2.24, 2.45) is 0 Å². The predicted molar refractivity (Wildman–Crippen MR) is 66.1 cm³/mol. The average Bonchev–Trinajstić information content (AvgIpc) is 2.78. The highest BCUT2D eigenvalue weighted by molar-refractivity contribution is 9.10. The summed E-state index contributed by atoms with van der Waals surface area (Å²) < 4.78 is 5.86. The predicted octanol–water partition coefficient (Wildman–Crippen LogP) is 2.34. The first-order valence-electron chi connectivity index (χ1n) is 5.33. The average molecular weight is 302 g/mol. The third kappa shape index (κ3) is 2.92. The monoisotopic (exact) mass is 301 g/mol. The first-order chi connectivity index (χ1) is 8.18. The molecule has 1 aromatic heterocycles. The van der Waals surface area contributed by atoms with Crippen LogP contribution in [0.3, 0.4) is 0 Å². The van der Waals surface area contributed by atoms with E-state index < -0.39 is 4.92 Å². The molecule has 1 aliphatic rings. The van der Waals surface area contributed by atoms with E-state index in [9.17, 15) is 10.1 Å². The number of ether oxygens (including phenoxy) is 1. The van der Waals surface area contributed by atoms with Gasteiger partial charge in [0, 0.05) is 19.3 Å². The molecule has 17 heavy (non-hydrogen) atoms. The van der Waals surface area contributed by atoms with E-state index in [0.29, 0.717) is 11.0 Å². The van der Waals surface area contributed by atoms with Gasteiger partial charge in [0.15, 0.2) is 0 Å². The van der Waals surface area contributed by atoms with Crippen LogP contribution in [-0.2, 0) is 4.74 Å². The van der Waals surface area contributed by atoms with Gasteiger partial charge in [-0.25, -0.2) is 4.98 Å². The van der Waals surface area contributed by atoms with Crippen LogP contribution in [0.15, 0.2) is 16.7 Å². The van der Waals surface area contributed by atoms with Crippen molar-refractivity contribution < 1.29 is 9.66 Å². The third-order valence-electron chi connectivity index (χ3n) is 2.58. The number of nitrogens with zero attached hydrogens (tertiary/aromatic N) is 2. The lowest BCUT2D eigenvalue weighted by Gasteiger charge is -2.11. The molecule has 0 amide bonds. The van der Waals surface area contributed by atoms with Crippen LogP contribution in [0.5, 0.6) is 0 Å². The Morgan fingerprint density at radius 3 is 3.18 bits per heavy atom. The molecule has 0 bridgehead atoms. The molecule has 1 aliphatic heterocycles. The second-order valence-corrected chi connectivity index (χ2v) is 4.62. The van der Waals surface area contributed by atoms with Gasteiger partial charge < -0.3 is 10.1 Å². The highest BCUT2D eigenvalue weighted by Gasteiger charge is 2.21. The summed E-state index contributed by atoms with van der Waals surface area (Å²) in [6.07, 6.45) is 3.67. The van der Waals surface area contributed by atoms with Gasteiger partial charge in [-0.05, 0) is 34.8 Å². The fourth-order valence-electron chi connectivity index (χ4n) is 1.75. The second kappa shape index (κ2) is 5.42. The number of hydrogen-bond acceptors (Lipinski definition) is 5. The zero-order valence-electron chi connectivity index (χ0n) is 9.06. The number of halogens is 1. The standard InChI is InChI=1S/C10H12BrN3O3/c11-8-3-4-12-10(9(8)14(15)16)13-6-7-2-1-5-17-7/h3-4,7H,1-2,5-6H2,(H,12,13)/t7-/m1/s1. The largest absolute Gasteiger partial charge is 0.376 e. The fraction of sp³-hybridized carbons (Fsp3) is 0.500. The Morgan fingerprint density at radius 2 is 2.53 bits per heavy atom. The van der Waals surface area contributed by atoms with E-state index in [4.69, 9.17) is 4.74 Å². The van der Waals surface area contributed by atoms with Gasteiger partial charge in [-0.1, -0.05) is 0 Å². The second-order valence-electron chi connectivity index (χ2n) is 3.76.